The summed E-state index contributed by atoms with van der Waals surface area (Å²) in [7, 11) is 0. The van der Waals surface area contributed by atoms with Crippen LogP contribution in [-0.2, 0) is 9.59 Å². The van der Waals surface area contributed by atoms with Crippen LogP contribution in [0.25, 0.3) is 0 Å². The van der Waals surface area contributed by atoms with Gasteiger partial charge in [-0.15, -0.1) is 0 Å². The number of nitrogens with one attached hydrogen (secondary N) is 1. The van der Waals surface area contributed by atoms with Gasteiger partial charge in [-0.1, -0.05) is 20.3 Å². The van der Waals surface area contributed by atoms with Crippen LogP contribution in [0.5, 0.6) is 0 Å². The molecule has 0 radical (unpaired) electrons. The number of carbonyl (C=O) groups excluding carboxylic acids is 1. The molecule has 13 heavy (non-hydrogen) atoms. The van der Waals surface area contributed by atoms with Gasteiger partial charge in [0.15, 0.2) is 0 Å². The predicted octanol–water partition coefficient (Wildman–Crippen LogP) is 1.01. The van der Waals surface area contributed by atoms with E-state index in [-0.39, 0.29) is 5.91 Å². The van der Waals surface area contributed by atoms with Crippen molar-refractivity contribution in [3.63, 3.8) is 0 Å². The molecular formula is C9H17NO3. The Morgan fingerprint density at radius 1 is 1.46 bits per heavy atom. The van der Waals surface area contributed by atoms with Gasteiger partial charge in [0.05, 0.1) is 0 Å². The fourth-order valence-corrected chi connectivity index (χ4v) is 1.04. The Hall–Kier alpha value is -1.06. The standard InChI is InChI=1S/C9H17NO3/c1-4-6(2)5-8(9(12)13)10-7(3)11/h6,8H,4-5H2,1-3H3,(H,10,11)(H,12,13)/t6?,8-/m0/s1. The van der Waals surface area contributed by atoms with Crippen molar-refractivity contribution >= 4 is 11.9 Å². The van der Waals surface area contributed by atoms with Crippen LogP contribution in [0.1, 0.15) is 33.6 Å². The van der Waals surface area contributed by atoms with Gasteiger partial charge >= 0.3 is 5.97 Å². The van der Waals surface area contributed by atoms with Crippen molar-refractivity contribution < 1.29 is 14.7 Å². The van der Waals surface area contributed by atoms with Crippen LogP contribution < -0.4 is 5.32 Å². The average Bonchev–Trinajstić information content (AvgIpc) is 2.02. The Kier molecular flexibility index (Phi) is 5.11. The molecule has 0 aromatic rings. The van der Waals surface area contributed by atoms with Crippen LogP contribution >= 0.6 is 0 Å². The zero-order chi connectivity index (χ0) is 10.4. The van der Waals surface area contributed by atoms with Crippen molar-refractivity contribution in [3.8, 4) is 0 Å². The summed E-state index contributed by atoms with van der Waals surface area (Å²) < 4.78 is 0. The van der Waals surface area contributed by atoms with Crippen LogP contribution in [0.4, 0.5) is 0 Å². The number of hydrogen-bond acceptors (Lipinski definition) is 2. The first-order valence-corrected chi connectivity index (χ1v) is 4.47. The van der Waals surface area contributed by atoms with E-state index >= 15 is 0 Å². The maximum absolute atomic E-state index is 10.7. The molecule has 0 aliphatic rings. The van der Waals surface area contributed by atoms with E-state index in [0.717, 1.165) is 6.42 Å². The first-order chi connectivity index (χ1) is 5.97. The van der Waals surface area contributed by atoms with Crippen molar-refractivity contribution in [2.75, 3.05) is 0 Å². The maximum atomic E-state index is 10.7. The number of rotatable bonds is 5. The van der Waals surface area contributed by atoms with Gasteiger partial charge in [0, 0.05) is 6.92 Å². The fraction of sp³-hybridized carbons (Fsp3) is 0.778. The SMILES string of the molecule is CCC(C)C[C@H](NC(C)=O)C(=O)O. The summed E-state index contributed by atoms with van der Waals surface area (Å²) in [5, 5.41) is 11.2. The van der Waals surface area contributed by atoms with Gasteiger partial charge in [0.1, 0.15) is 6.04 Å². The molecule has 4 heteroatoms. The van der Waals surface area contributed by atoms with Gasteiger partial charge in [-0.3, -0.25) is 4.79 Å². The second kappa shape index (κ2) is 5.56. The van der Waals surface area contributed by atoms with E-state index in [1.54, 1.807) is 0 Å². The Morgan fingerprint density at radius 3 is 2.31 bits per heavy atom. The van der Waals surface area contributed by atoms with Gasteiger partial charge in [-0.2, -0.15) is 0 Å². The number of carboxylic acid groups (broad SMARTS) is 1. The lowest BCUT2D eigenvalue weighted by Crippen LogP contribution is -2.40. The zero-order valence-corrected chi connectivity index (χ0v) is 8.33. The second-order valence-corrected chi connectivity index (χ2v) is 3.34. The van der Waals surface area contributed by atoms with Crippen molar-refractivity contribution in [1.82, 2.24) is 5.32 Å². The predicted molar refractivity (Wildman–Crippen MR) is 49.3 cm³/mol. The van der Waals surface area contributed by atoms with E-state index in [2.05, 4.69) is 5.32 Å². The normalized spacial score (nSPS) is 14.7. The number of hydrogen-bond donors (Lipinski definition) is 2. The van der Waals surface area contributed by atoms with Gasteiger partial charge in [0.25, 0.3) is 0 Å². The number of amides is 1. The molecule has 0 aliphatic carbocycles. The molecule has 0 aromatic carbocycles. The largest absolute Gasteiger partial charge is 0.480 e. The second-order valence-electron chi connectivity index (χ2n) is 3.34. The lowest BCUT2D eigenvalue weighted by molar-refractivity contribution is -0.142. The summed E-state index contributed by atoms with van der Waals surface area (Å²) in [6, 6.07) is -0.743. The number of carbonyl (C=O) groups is 2. The highest BCUT2D eigenvalue weighted by molar-refractivity contribution is 5.81. The van der Waals surface area contributed by atoms with Gasteiger partial charge in [-0.05, 0) is 12.3 Å². The highest BCUT2D eigenvalue weighted by Gasteiger charge is 2.19. The summed E-state index contributed by atoms with van der Waals surface area (Å²) in [6.45, 7) is 5.29. The molecule has 1 unspecified atom stereocenters. The average molecular weight is 187 g/mol. The molecule has 0 aliphatic heterocycles. The van der Waals surface area contributed by atoms with Crippen LogP contribution in [-0.4, -0.2) is 23.0 Å². The van der Waals surface area contributed by atoms with E-state index in [1.807, 2.05) is 13.8 Å². The molecule has 0 saturated carbocycles. The Balaban J connectivity index is 4.10. The summed E-state index contributed by atoms with van der Waals surface area (Å²) in [5.41, 5.74) is 0. The summed E-state index contributed by atoms with van der Waals surface area (Å²) in [6.07, 6.45) is 1.41. The zero-order valence-electron chi connectivity index (χ0n) is 8.33. The highest BCUT2D eigenvalue weighted by atomic mass is 16.4. The first kappa shape index (κ1) is 11.9. The van der Waals surface area contributed by atoms with E-state index in [9.17, 15) is 9.59 Å². The third-order valence-electron chi connectivity index (χ3n) is 2.01. The molecular weight excluding hydrogens is 170 g/mol. The summed E-state index contributed by atoms with van der Waals surface area (Å²) >= 11 is 0. The number of carboxylic acids is 1. The molecule has 0 aromatic heterocycles. The van der Waals surface area contributed by atoms with Crippen LogP contribution in [0.3, 0.4) is 0 Å². The molecule has 2 atom stereocenters. The Bertz CT molecular complexity index is 191. The molecule has 0 saturated heterocycles. The van der Waals surface area contributed by atoms with Crippen molar-refractivity contribution in [2.24, 2.45) is 5.92 Å². The van der Waals surface area contributed by atoms with E-state index in [1.165, 1.54) is 6.92 Å². The van der Waals surface area contributed by atoms with Gasteiger partial charge < -0.3 is 10.4 Å². The molecule has 0 spiro atoms. The number of aliphatic carboxylic acids is 1. The van der Waals surface area contributed by atoms with E-state index < -0.39 is 12.0 Å². The van der Waals surface area contributed by atoms with Crippen molar-refractivity contribution in [2.45, 2.75) is 39.7 Å². The minimum Gasteiger partial charge on any atom is -0.480 e. The topological polar surface area (TPSA) is 66.4 Å². The molecule has 0 heterocycles. The van der Waals surface area contributed by atoms with Crippen LogP contribution in [0, 0.1) is 5.92 Å². The Morgan fingerprint density at radius 2 is 2.00 bits per heavy atom. The molecule has 76 valence electrons. The van der Waals surface area contributed by atoms with E-state index in [4.69, 9.17) is 5.11 Å². The molecule has 0 bridgehead atoms. The van der Waals surface area contributed by atoms with E-state index in [0.29, 0.717) is 12.3 Å². The third kappa shape index (κ3) is 5.22. The minimum atomic E-state index is -0.962. The lowest BCUT2D eigenvalue weighted by Gasteiger charge is -2.16. The van der Waals surface area contributed by atoms with Gasteiger partial charge in [0.2, 0.25) is 5.91 Å². The van der Waals surface area contributed by atoms with Crippen LogP contribution in [0.15, 0.2) is 0 Å². The molecule has 0 fully saturated rings. The smallest absolute Gasteiger partial charge is 0.326 e. The third-order valence-corrected chi connectivity index (χ3v) is 2.01. The maximum Gasteiger partial charge on any atom is 0.326 e. The quantitative estimate of drug-likeness (QED) is 0.675. The Labute approximate surface area is 78.3 Å². The minimum absolute atomic E-state index is 0.296. The van der Waals surface area contributed by atoms with Gasteiger partial charge in [-0.25, -0.2) is 4.79 Å². The monoisotopic (exact) mass is 187 g/mol. The van der Waals surface area contributed by atoms with Crippen LogP contribution in [0.2, 0.25) is 0 Å². The van der Waals surface area contributed by atoms with Crippen molar-refractivity contribution in [3.05, 3.63) is 0 Å². The summed E-state index contributed by atoms with van der Waals surface area (Å²) in [4.78, 5) is 21.3. The molecule has 1 amide bonds. The van der Waals surface area contributed by atoms with Crippen molar-refractivity contribution in [1.29, 1.82) is 0 Å². The summed E-state index contributed by atoms with van der Waals surface area (Å²) in [5.74, 6) is -0.945. The fourth-order valence-electron chi connectivity index (χ4n) is 1.04. The lowest BCUT2D eigenvalue weighted by atomic mass is 9.99. The molecule has 0 rings (SSSR count). The molecule has 4 nitrogen and oxygen atoms in total. The highest BCUT2D eigenvalue weighted by Crippen LogP contribution is 2.09. The molecule has 2 N–H and O–H groups in total. The first-order valence-electron chi connectivity index (χ1n) is 4.47.